The second-order valence-electron chi connectivity index (χ2n) is 7.10. The number of hydrogen-bond donors (Lipinski definition) is 1. The molecule has 0 aromatic heterocycles. The molecule has 140 valence electrons. The first-order valence-electron chi connectivity index (χ1n) is 8.64. The van der Waals surface area contributed by atoms with Gasteiger partial charge in [0.25, 0.3) is 0 Å². The summed E-state index contributed by atoms with van der Waals surface area (Å²) >= 11 is 0. The standard InChI is InChI=1S/C18H28N2O4S/c1-14(2)12-24-17-6-4-5-15(9-17)10-19-18(21)11-20(3)16-7-8-25(22,23)13-16/h4-6,9,14,16H,7-8,10-13H2,1-3H3,(H,19,21). The highest BCUT2D eigenvalue weighted by molar-refractivity contribution is 7.91. The van der Waals surface area contributed by atoms with Crippen LogP contribution >= 0.6 is 0 Å². The Hall–Kier alpha value is -1.60. The van der Waals surface area contributed by atoms with Crippen LogP contribution in [0.3, 0.4) is 0 Å². The number of carbonyl (C=O) groups excluding carboxylic acids is 1. The van der Waals surface area contributed by atoms with Crippen LogP contribution in [0.15, 0.2) is 24.3 Å². The van der Waals surface area contributed by atoms with E-state index < -0.39 is 9.84 Å². The molecule has 1 aromatic rings. The molecule has 0 bridgehead atoms. The van der Waals surface area contributed by atoms with E-state index in [1.54, 1.807) is 7.05 Å². The first kappa shape index (κ1) is 19.7. The molecule has 0 spiro atoms. The lowest BCUT2D eigenvalue weighted by Crippen LogP contribution is -2.41. The smallest absolute Gasteiger partial charge is 0.234 e. The summed E-state index contributed by atoms with van der Waals surface area (Å²) in [6, 6.07) is 7.61. The molecule has 1 N–H and O–H groups in total. The van der Waals surface area contributed by atoms with Crippen molar-refractivity contribution in [3.05, 3.63) is 29.8 Å². The van der Waals surface area contributed by atoms with Gasteiger partial charge in [0.15, 0.2) is 9.84 Å². The molecule has 1 saturated heterocycles. The molecular formula is C18H28N2O4S. The van der Waals surface area contributed by atoms with Gasteiger partial charge in [-0.3, -0.25) is 9.69 Å². The molecule has 0 aliphatic carbocycles. The van der Waals surface area contributed by atoms with Crippen molar-refractivity contribution in [3.8, 4) is 5.75 Å². The van der Waals surface area contributed by atoms with E-state index in [-0.39, 0.29) is 30.0 Å². The molecule has 1 atom stereocenters. The van der Waals surface area contributed by atoms with Gasteiger partial charge in [-0.05, 0) is 37.1 Å². The fourth-order valence-corrected chi connectivity index (χ4v) is 4.55. The van der Waals surface area contributed by atoms with E-state index in [0.29, 0.717) is 25.5 Å². The Morgan fingerprint density at radius 1 is 1.40 bits per heavy atom. The Kier molecular flexibility index (Phi) is 6.84. The fourth-order valence-electron chi connectivity index (χ4n) is 2.74. The predicted octanol–water partition coefficient (Wildman–Crippen LogP) is 1.46. The van der Waals surface area contributed by atoms with Gasteiger partial charge in [-0.15, -0.1) is 0 Å². The number of nitrogens with one attached hydrogen (secondary N) is 1. The Morgan fingerprint density at radius 2 is 2.16 bits per heavy atom. The van der Waals surface area contributed by atoms with Crippen LogP contribution in [0.2, 0.25) is 0 Å². The zero-order valence-electron chi connectivity index (χ0n) is 15.2. The second-order valence-corrected chi connectivity index (χ2v) is 9.33. The monoisotopic (exact) mass is 368 g/mol. The maximum Gasteiger partial charge on any atom is 0.234 e. The van der Waals surface area contributed by atoms with Crippen LogP contribution in [0.25, 0.3) is 0 Å². The van der Waals surface area contributed by atoms with E-state index in [9.17, 15) is 13.2 Å². The van der Waals surface area contributed by atoms with Crippen molar-refractivity contribution < 1.29 is 17.9 Å². The maximum absolute atomic E-state index is 12.1. The average molecular weight is 368 g/mol. The third-order valence-corrected chi connectivity index (χ3v) is 5.95. The summed E-state index contributed by atoms with van der Waals surface area (Å²) in [5, 5.41) is 2.88. The number of likely N-dealkylation sites (N-methyl/N-ethyl adjacent to an activating group) is 1. The lowest BCUT2D eigenvalue weighted by molar-refractivity contribution is -0.122. The Morgan fingerprint density at radius 3 is 2.80 bits per heavy atom. The molecule has 1 aliphatic heterocycles. The van der Waals surface area contributed by atoms with Crippen LogP contribution < -0.4 is 10.1 Å². The van der Waals surface area contributed by atoms with E-state index in [4.69, 9.17) is 4.74 Å². The zero-order valence-corrected chi connectivity index (χ0v) is 16.0. The average Bonchev–Trinajstić information content (AvgIpc) is 2.91. The molecule has 1 heterocycles. The zero-order chi connectivity index (χ0) is 18.4. The molecule has 1 amide bonds. The lowest BCUT2D eigenvalue weighted by atomic mass is 10.2. The van der Waals surface area contributed by atoms with Crippen molar-refractivity contribution in [1.29, 1.82) is 0 Å². The van der Waals surface area contributed by atoms with Crippen LogP contribution in [-0.4, -0.2) is 57.0 Å². The molecule has 0 radical (unpaired) electrons. The SMILES string of the molecule is CC(C)COc1cccc(CNC(=O)CN(C)C2CCS(=O)(=O)C2)c1. The number of sulfone groups is 1. The van der Waals surface area contributed by atoms with E-state index in [1.165, 1.54) is 0 Å². The molecule has 0 saturated carbocycles. The summed E-state index contributed by atoms with van der Waals surface area (Å²) in [6.45, 7) is 5.47. The van der Waals surface area contributed by atoms with Crippen molar-refractivity contribution in [1.82, 2.24) is 10.2 Å². The summed E-state index contributed by atoms with van der Waals surface area (Å²) in [4.78, 5) is 13.9. The summed E-state index contributed by atoms with van der Waals surface area (Å²) in [5.74, 6) is 1.51. The molecule has 1 aliphatic rings. The Balaban J connectivity index is 1.79. The van der Waals surface area contributed by atoms with E-state index in [0.717, 1.165) is 11.3 Å². The number of carbonyl (C=O) groups is 1. The molecule has 1 fully saturated rings. The van der Waals surface area contributed by atoms with Gasteiger partial charge < -0.3 is 10.1 Å². The minimum atomic E-state index is -2.94. The highest BCUT2D eigenvalue weighted by Gasteiger charge is 2.31. The first-order valence-corrected chi connectivity index (χ1v) is 10.5. The largest absolute Gasteiger partial charge is 0.493 e. The number of amides is 1. The second kappa shape index (κ2) is 8.67. The van der Waals surface area contributed by atoms with Crippen molar-refractivity contribution in [3.63, 3.8) is 0 Å². The van der Waals surface area contributed by atoms with Crippen LogP contribution in [0.4, 0.5) is 0 Å². The minimum Gasteiger partial charge on any atom is -0.493 e. The molecule has 25 heavy (non-hydrogen) atoms. The van der Waals surface area contributed by atoms with Gasteiger partial charge in [-0.2, -0.15) is 0 Å². The minimum absolute atomic E-state index is 0.0662. The third kappa shape index (κ3) is 6.66. The maximum atomic E-state index is 12.1. The Bertz CT molecular complexity index is 688. The van der Waals surface area contributed by atoms with Gasteiger partial charge in [-0.1, -0.05) is 26.0 Å². The van der Waals surface area contributed by atoms with Gasteiger partial charge in [0.1, 0.15) is 5.75 Å². The number of rotatable bonds is 8. The number of nitrogens with zero attached hydrogens (tertiary/aromatic N) is 1. The quantitative estimate of drug-likeness (QED) is 0.752. The van der Waals surface area contributed by atoms with E-state index >= 15 is 0 Å². The topological polar surface area (TPSA) is 75.7 Å². The highest BCUT2D eigenvalue weighted by Crippen LogP contribution is 2.16. The lowest BCUT2D eigenvalue weighted by Gasteiger charge is -2.22. The van der Waals surface area contributed by atoms with Gasteiger partial charge in [0.2, 0.25) is 5.91 Å². The van der Waals surface area contributed by atoms with Crippen LogP contribution in [0.1, 0.15) is 25.8 Å². The third-order valence-electron chi connectivity index (χ3n) is 4.20. The van der Waals surface area contributed by atoms with Gasteiger partial charge in [0.05, 0.1) is 24.7 Å². The Labute approximate surface area is 150 Å². The molecule has 2 rings (SSSR count). The van der Waals surface area contributed by atoms with Crippen molar-refractivity contribution in [2.75, 3.05) is 31.7 Å². The van der Waals surface area contributed by atoms with Crippen molar-refractivity contribution in [2.45, 2.75) is 32.9 Å². The van der Waals surface area contributed by atoms with Gasteiger partial charge in [-0.25, -0.2) is 8.42 Å². The number of benzene rings is 1. The molecular weight excluding hydrogens is 340 g/mol. The van der Waals surface area contributed by atoms with Crippen molar-refractivity contribution >= 4 is 15.7 Å². The van der Waals surface area contributed by atoms with E-state index in [1.807, 2.05) is 29.2 Å². The molecule has 1 aromatic carbocycles. The normalized spacial score (nSPS) is 19.3. The number of hydrogen-bond acceptors (Lipinski definition) is 5. The van der Waals surface area contributed by atoms with Gasteiger partial charge >= 0.3 is 0 Å². The van der Waals surface area contributed by atoms with Gasteiger partial charge in [0, 0.05) is 12.6 Å². The molecule has 1 unspecified atom stereocenters. The van der Waals surface area contributed by atoms with Crippen LogP contribution in [-0.2, 0) is 21.2 Å². The predicted molar refractivity (Wildman–Crippen MR) is 98.3 cm³/mol. The fraction of sp³-hybridized carbons (Fsp3) is 0.611. The summed E-state index contributed by atoms with van der Waals surface area (Å²) in [6.07, 6.45) is 0.599. The summed E-state index contributed by atoms with van der Waals surface area (Å²) in [7, 11) is -1.14. The van der Waals surface area contributed by atoms with Crippen LogP contribution in [0.5, 0.6) is 5.75 Å². The first-order chi connectivity index (χ1) is 11.7. The van der Waals surface area contributed by atoms with Crippen LogP contribution in [0, 0.1) is 5.92 Å². The summed E-state index contributed by atoms with van der Waals surface area (Å²) in [5.41, 5.74) is 0.973. The molecule has 6 nitrogen and oxygen atoms in total. The number of ether oxygens (including phenoxy) is 1. The molecule has 7 heteroatoms. The highest BCUT2D eigenvalue weighted by atomic mass is 32.2. The summed E-state index contributed by atoms with van der Waals surface area (Å²) < 4.78 is 28.7. The van der Waals surface area contributed by atoms with Crippen molar-refractivity contribution in [2.24, 2.45) is 5.92 Å². The van der Waals surface area contributed by atoms with E-state index in [2.05, 4.69) is 19.2 Å².